The summed E-state index contributed by atoms with van der Waals surface area (Å²) in [7, 11) is 0. The van der Waals surface area contributed by atoms with Crippen LogP contribution in [0.25, 0.3) is 0 Å². The smallest absolute Gasteiger partial charge is 0.0577 e. The van der Waals surface area contributed by atoms with Gasteiger partial charge in [-0.1, -0.05) is 53.2 Å². The summed E-state index contributed by atoms with van der Waals surface area (Å²) < 4.78 is 0. The predicted molar refractivity (Wildman–Crippen MR) is 125 cm³/mol. The molecule has 0 heterocycles. The Bertz CT molecular complexity index is 653. The van der Waals surface area contributed by atoms with Crippen LogP contribution in [-0.2, 0) is 0 Å². The third-order valence-electron chi connectivity index (χ3n) is 11.1. The molecule has 4 aliphatic rings. The molecule has 2 nitrogen and oxygen atoms in total. The summed E-state index contributed by atoms with van der Waals surface area (Å²) in [6.07, 6.45) is 12.9. The number of aliphatic hydroxyl groups excluding tert-OH is 2. The number of allylic oxidation sites excluding steroid dienone is 1. The molecule has 0 aromatic carbocycles. The number of aliphatic hydroxyl groups is 2. The van der Waals surface area contributed by atoms with E-state index in [0.29, 0.717) is 34.5 Å². The van der Waals surface area contributed by atoms with E-state index in [1.807, 2.05) is 0 Å². The third kappa shape index (κ3) is 3.62. The van der Waals surface area contributed by atoms with Gasteiger partial charge in [0.05, 0.1) is 12.2 Å². The van der Waals surface area contributed by atoms with E-state index in [4.69, 9.17) is 0 Å². The normalized spacial score (nSPS) is 46.4. The molecular formula is C28H48O2. The van der Waals surface area contributed by atoms with E-state index in [1.54, 1.807) is 5.57 Å². The predicted octanol–water partition coefficient (Wildman–Crippen LogP) is 6.61. The lowest BCUT2D eigenvalue weighted by atomic mass is 9.47. The molecule has 4 rings (SSSR count). The molecule has 10 atom stereocenters. The van der Waals surface area contributed by atoms with Crippen LogP contribution in [0.4, 0.5) is 0 Å². The molecule has 0 aromatic heterocycles. The summed E-state index contributed by atoms with van der Waals surface area (Å²) in [5.41, 5.74) is 2.31. The number of hydrogen-bond acceptors (Lipinski definition) is 2. The van der Waals surface area contributed by atoms with E-state index in [0.717, 1.165) is 37.0 Å². The Labute approximate surface area is 185 Å². The first-order chi connectivity index (χ1) is 14.1. The molecule has 0 unspecified atom stereocenters. The SMILES string of the molecule is CC(C)[C@H](C)C[C@H](O)[C@@H](C)[C@H]1CC[C@H]2[C@@H]3CC=C4C[C@@H](O)CC[C@]4(C)[C@H]3CC[C@]12C. The molecule has 0 saturated heterocycles. The molecule has 0 aliphatic heterocycles. The Morgan fingerprint density at radius 3 is 2.43 bits per heavy atom. The monoisotopic (exact) mass is 416 g/mol. The van der Waals surface area contributed by atoms with Gasteiger partial charge in [0.1, 0.15) is 0 Å². The molecule has 0 radical (unpaired) electrons. The van der Waals surface area contributed by atoms with Crippen molar-refractivity contribution in [1.82, 2.24) is 0 Å². The minimum atomic E-state index is -0.157. The second-order valence-electron chi connectivity index (χ2n) is 12.8. The molecule has 3 fully saturated rings. The third-order valence-corrected chi connectivity index (χ3v) is 11.1. The Morgan fingerprint density at radius 1 is 1.00 bits per heavy atom. The first-order valence-corrected chi connectivity index (χ1v) is 13.1. The average molecular weight is 417 g/mol. The second-order valence-corrected chi connectivity index (χ2v) is 12.8. The van der Waals surface area contributed by atoms with E-state index in [-0.39, 0.29) is 12.2 Å². The van der Waals surface area contributed by atoms with Crippen molar-refractivity contribution in [1.29, 1.82) is 0 Å². The minimum absolute atomic E-state index is 0.110. The van der Waals surface area contributed by atoms with E-state index < -0.39 is 0 Å². The summed E-state index contributed by atoms with van der Waals surface area (Å²) in [5, 5.41) is 21.4. The maximum absolute atomic E-state index is 11.1. The highest BCUT2D eigenvalue weighted by atomic mass is 16.3. The van der Waals surface area contributed by atoms with Crippen LogP contribution in [0.2, 0.25) is 0 Å². The van der Waals surface area contributed by atoms with Gasteiger partial charge in [0.2, 0.25) is 0 Å². The highest BCUT2D eigenvalue weighted by molar-refractivity contribution is 5.25. The van der Waals surface area contributed by atoms with Crippen LogP contribution in [-0.4, -0.2) is 22.4 Å². The highest BCUT2D eigenvalue weighted by Crippen LogP contribution is 2.67. The fraction of sp³-hybridized carbons (Fsp3) is 0.929. The average Bonchev–Trinajstić information content (AvgIpc) is 3.04. The lowest BCUT2D eigenvalue weighted by molar-refractivity contribution is -0.0693. The Balaban J connectivity index is 1.51. The van der Waals surface area contributed by atoms with Crippen LogP contribution in [0, 0.1) is 52.3 Å². The first-order valence-electron chi connectivity index (χ1n) is 13.1. The van der Waals surface area contributed by atoms with Crippen LogP contribution < -0.4 is 0 Å². The molecule has 3 saturated carbocycles. The van der Waals surface area contributed by atoms with Gasteiger partial charge in [-0.25, -0.2) is 0 Å². The molecule has 172 valence electrons. The van der Waals surface area contributed by atoms with Gasteiger partial charge in [-0.15, -0.1) is 0 Å². The molecule has 0 amide bonds. The fourth-order valence-corrected chi connectivity index (χ4v) is 8.68. The topological polar surface area (TPSA) is 40.5 Å². The molecule has 0 aromatic rings. The zero-order valence-corrected chi connectivity index (χ0v) is 20.5. The second kappa shape index (κ2) is 8.22. The first kappa shape index (κ1) is 22.8. The van der Waals surface area contributed by atoms with Crippen LogP contribution in [0.15, 0.2) is 11.6 Å². The van der Waals surface area contributed by atoms with Crippen molar-refractivity contribution in [2.24, 2.45) is 52.3 Å². The van der Waals surface area contributed by atoms with E-state index in [1.165, 1.54) is 38.5 Å². The molecule has 0 bridgehead atoms. The van der Waals surface area contributed by atoms with Crippen molar-refractivity contribution in [3.8, 4) is 0 Å². The fourth-order valence-electron chi connectivity index (χ4n) is 8.68. The molecule has 2 heteroatoms. The maximum atomic E-state index is 11.1. The van der Waals surface area contributed by atoms with Crippen molar-refractivity contribution >= 4 is 0 Å². The van der Waals surface area contributed by atoms with Crippen molar-refractivity contribution < 1.29 is 10.2 Å². The molecular weight excluding hydrogens is 368 g/mol. The van der Waals surface area contributed by atoms with E-state index in [2.05, 4.69) is 47.6 Å². The van der Waals surface area contributed by atoms with Gasteiger partial charge < -0.3 is 10.2 Å². The summed E-state index contributed by atoms with van der Waals surface area (Å²) in [4.78, 5) is 0. The van der Waals surface area contributed by atoms with Crippen LogP contribution in [0.1, 0.15) is 99.3 Å². The Kier molecular flexibility index (Phi) is 6.26. The van der Waals surface area contributed by atoms with Gasteiger partial charge in [-0.05, 0) is 110 Å². The Morgan fingerprint density at radius 2 is 1.73 bits per heavy atom. The van der Waals surface area contributed by atoms with Gasteiger partial charge in [0, 0.05) is 0 Å². The van der Waals surface area contributed by atoms with Gasteiger partial charge in [-0.2, -0.15) is 0 Å². The van der Waals surface area contributed by atoms with Crippen molar-refractivity contribution in [2.45, 2.75) is 112 Å². The van der Waals surface area contributed by atoms with Crippen molar-refractivity contribution in [3.05, 3.63) is 11.6 Å². The number of rotatable bonds is 5. The quantitative estimate of drug-likeness (QED) is 0.495. The summed E-state index contributed by atoms with van der Waals surface area (Å²) in [6, 6.07) is 0. The molecule has 2 N–H and O–H groups in total. The van der Waals surface area contributed by atoms with Crippen LogP contribution in [0.5, 0.6) is 0 Å². The van der Waals surface area contributed by atoms with Crippen LogP contribution in [0.3, 0.4) is 0 Å². The van der Waals surface area contributed by atoms with Crippen LogP contribution >= 0.6 is 0 Å². The lowest BCUT2D eigenvalue weighted by Crippen LogP contribution is -2.51. The summed E-state index contributed by atoms with van der Waals surface area (Å²) in [5.74, 6) is 4.76. The largest absolute Gasteiger partial charge is 0.393 e. The van der Waals surface area contributed by atoms with Gasteiger partial charge in [-0.3, -0.25) is 0 Å². The van der Waals surface area contributed by atoms with E-state index in [9.17, 15) is 10.2 Å². The summed E-state index contributed by atoms with van der Waals surface area (Å²) in [6.45, 7) is 14.3. The molecule has 0 spiro atoms. The van der Waals surface area contributed by atoms with Gasteiger partial charge in [0.15, 0.2) is 0 Å². The van der Waals surface area contributed by atoms with Crippen molar-refractivity contribution in [2.75, 3.05) is 0 Å². The van der Waals surface area contributed by atoms with Gasteiger partial charge >= 0.3 is 0 Å². The number of fused-ring (bicyclic) bond motifs is 5. The highest BCUT2D eigenvalue weighted by Gasteiger charge is 2.59. The zero-order valence-electron chi connectivity index (χ0n) is 20.5. The van der Waals surface area contributed by atoms with E-state index >= 15 is 0 Å². The maximum Gasteiger partial charge on any atom is 0.0577 e. The number of hydrogen-bond donors (Lipinski definition) is 2. The standard InChI is InChI=1S/C28H48O2/c1-17(2)18(3)15-26(30)19(4)23-9-10-24-22-8-7-20-16-21(29)11-13-27(20,5)25(22)12-14-28(23,24)6/h7,17-19,21-26,29-30H,8-16H2,1-6H3/t18-,19+,21+,22+,23-,24+,25+,26+,27+,28-/m1/s1. The molecule has 30 heavy (non-hydrogen) atoms. The van der Waals surface area contributed by atoms with Gasteiger partial charge in [0.25, 0.3) is 0 Å². The molecule has 4 aliphatic carbocycles. The lowest BCUT2D eigenvalue weighted by Gasteiger charge is -2.58. The van der Waals surface area contributed by atoms with Crippen molar-refractivity contribution in [3.63, 3.8) is 0 Å². The summed E-state index contributed by atoms with van der Waals surface area (Å²) >= 11 is 0. The minimum Gasteiger partial charge on any atom is -0.393 e. The zero-order chi connectivity index (χ0) is 21.8. The Hall–Kier alpha value is -0.340.